The van der Waals surface area contributed by atoms with E-state index >= 15 is 0 Å². The Balaban J connectivity index is 1.18. The maximum Gasteiger partial charge on any atom is 0.144 e. The molecule has 1 nitrogen and oxygen atoms in total. The first kappa shape index (κ1) is 29.8. The number of furan rings is 1. The topological polar surface area (TPSA) is 13.1 Å². The fourth-order valence-corrected chi connectivity index (χ4v) is 10.1. The van der Waals surface area contributed by atoms with Crippen molar-refractivity contribution < 1.29 is 4.42 Å². The Labute approximate surface area is 314 Å². The molecule has 0 aliphatic carbocycles. The van der Waals surface area contributed by atoms with Gasteiger partial charge in [-0.15, -0.1) is 11.3 Å². The minimum Gasteiger partial charge on any atom is -0.455 e. The smallest absolute Gasteiger partial charge is 0.144 e. The molecule has 2 heteroatoms. The largest absolute Gasteiger partial charge is 0.455 e. The van der Waals surface area contributed by atoms with Gasteiger partial charge >= 0.3 is 0 Å². The van der Waals surface area contributed by atoms with E-state index in [4.69, 9.17) is 4.42 Å². The van der Waals surface area contributed by atoms with E-state index in [-0.39, 0.29) is 0 Å². The summed E-state index contributed by atoms with van der Waals surface area (Å²) in [6.45, 7) is 0. The fourth-order valence-electron chi connectivity index (χ4n) is 8.98. The third-order valence-corrected chi connectivity index (χ3v) is 12.5. The second-order valence-electron chi connectivity index (χ2n) is 14.4. The van der Waals surface area contributed by atoms with Crippen molar-refractivity contribution in [3.63, 3.8) is 0 Å². The molecule has 54 heavy (non-hydrogen) atoms. The van der Waals surface area contributed by atoms with Crippen LogP contribution in [0.1, 0.15) is 0 Å². The third kappa shape index (κ3) is 4.32. The molecule has 12 aromatic rings. The number of benzene rings is 10. The summed E-state index contributed by atoms with van der Waals surface area (Å²) in [4.78, 5) is 0. The van der Waals surface area contributed by atoms with Crippen molar-refractivity contribution in [3.05, 3.63) is 182 Å². The van der Waals surface area contributed by atoms with E-state index in [1.165, 1.54) is 96.5 Å². The summed E-state index contributed by atoms with van der Waals surface area (Å²) in [5, 5.41) is 14.7. The lowest BCUT2D eigenvalue weighted by molar-refractivity contribution is 0.671. The van der Waals surface area contributed by atoms with Crippen molar-refractivity contribution in [3.8, 4) is 33.4 Å². The van der Waals surface area contributed by atoms with Gasteiger partial charge in [-0.2, -0.15) is 0 Å². The summed E-state index contributed by atoms with van der Waals surface area (Å²) in [6.07, 6.45) is 0. The van der Waals surface area contributed by atoms with Crippen molar-refractivity contribution >= 4 is 96.5 Å². The van der Waals surface area contributed by atoms with E-state index in [0.29, 0.717) is 0 Å². The Bertz CT molecular complexity index is 3450. The van der Waals surface area contributed by atoms with Gasteiger partial charge in [-0.1, -0.05) is 146 Å². The zero-order valence-corrected chi connectivity index (χ0v) is 30.0. The van der Waals surface area contributed by atoms with E-state index in [0.717, 1.165) is 22.1 Å². The molecule has 0 atom stereocenters. The molecule has 2 aromatic heterocycles. The van der Waals surface area contributed by atoms with Crippen LogP contribution in [0.15, 0.2) is 186 Å². The van der Waals surface area contributed by atoms with Crippen LogP contribution in [0, 0.1) is 0 Å². The summed E-state index contributed by atoms with van der Waals surface area (Å²) >= 11 is 1.87. The average molecular weight is 703 g/mol. The molecule has 0 aliphatic heterocycles. The standard InChI is InChI=1S/C52H30OS/c1-2-13-32-26-36(25-24-31(32)12-1)33-16-11-17-37(27-33)48-38-18-5-7-20-40(38)49(41-21-8-6-19-39(41)48)44-30-47-50(42-22-9-10-23-46(42)54-47)51-43-28-34-14-3-4-15-35(34)29-45(43)53-52(44)51/h1-30H. The molecule has 0 amide bonds. The number of hydrogen-bond acceptors (Lipinski definition) is 2. The first-order valence-electron chi connectivity index (χ1n) is 18.5. The average Bonchev–Trinajstić information content (AvgIpc) is 3.79. The minimum absolute atomic E-state index is 0.920. The molecular formula is C52H30OS. The number of rotatable bonds is 3. The molecule has 0 aliphatic rings. The Morgan fingerprint density at radius 1 is 0.333 bits per heavy atom. The van der Waals surface area contributed by atoms with E-state index in [1.807, 2.05) is 11.3 Å². The van der Waals surface area contributed by atoms with Crippen LogP contribution in [0.5, 0.6) is 0 Å². The van der Waals surface area contributed by atoms with Crippen LogP contribution in [0.3, 0.4) is 0 Å². The van der Waals surface area contributed by atoms with Gasteiger partial charge in [0.25, 0.3) is 0 Å². The number of thiophene rings is 1. The molecule has 0 spiro atoms. The highest BCUT2D eigenvalue weighted by Gasteiger charge is 2.24. The second kappa shape index (κ2) is 11.4. The molecule has 0 saturated carbocycles. The minimum atomic E-state index is 0.920. The van der Waals surface area contributed by atoms with Crippen molar-refractivity contribution in [2.75, 3.05) is 0 Å². The molecule has 0 radical (unpaired) electrons. The Morgan fingerprint density at radius 2 is 0.907 bits per heavy atom. The molecule has 2 heterocycles. The van der Waals surface area contributed by atoms with Crippen molar-refractivity contribution in [1.82, 2.24) is 0 Å². The molecule has 12 rings (SSSR count). The van der Waals surface area contributed by atoms with Gasteiger partial charge in [-0.25, -0.2) is 0 Å². The predicted octanol–water partition coefficient (Wildman–Crippen LogP) is 15.6. The zero-order chi connectivity index (χ0) is 35.3. The van der Waals surface area contributed by atoms with Crippen LogP contribution in [-0.4, -0.2) is 0 Å². The van der Waals surface area contributed by atoms with Crippen LogP contribution >= 0.6 is 11.3 Å². The van der Waals surface area contributed by atoms with E-state index in [1.54, 1.807) is 0 Å². The van der Waals surface area contributed by atoms with Gasteiger partial charge in [0.1, 0.15) is 11.2 Å². The van der Waals surface area contributed by atoms with Crippen molar-refractivity contribution in [2.24, 2.45) is 0 Å². The van der Waals surface area contributed by atoms with Crippen molar-refractivity contribution in [1.29, 1.82) is 0 Å². The van der Waals surface area contributed by atoms with Gasteiger partial charge in [0.2, 0.25) is 0 Å². The Morgan fingerprint density at radius 3 is 1.65 bits per heavy atom. The van der Waals surface area contributed by atoms with Gasteiger partial charge < -0.3 is 4.42 Å². The highest BCUT2D eigenvalue weighted by atomic mass is 32.1. The van der Waals surface area contributed by atoms with Gasteiger partial charge in [-0.3, -0.25) is 0 Å². The highest BCUT2D eigenvalue weighted by molar-refractivity contribution is 7.26. The molecule has 0 N–H and O–H groups in total. The van der Waals surface area contributed by atoms with Gasteiger partial charge in [0, 0.05) is 42.1 Å². The van der Waals surface area contributed by atoms with Gasteiger partial charge in [-0.05, 0) is 102 Å². The van der Waals surface area contributed by atoms with Gasteiger partial charge in [0.05, 0.1) is 0 Å². The number of fused-ring (bicyclic) bond motifs is 11. The predicted molar refractivity (Wildman–Crippen MR) is 233 cm³/mol. The third-order valence-electron chi connectivity index (χ3n) is 11.4. The lowest BCUT2D eigenvalue weighted by Crippen LogP contribution is -1.91. The Kier molecular flexibility index (Phi) is 6.28. The van der Waals surface area contributed by atoms with Crippen LogP contribution in [-0.2, 0) is 0 Å². The maximum atomic E-state index is 7.09. The van der Waals surface area contributed by atoms with Gasteiger partial charge in [0.15, 0.2) is 0 Å². The van der Waals surface area contributed by atoms with Crippen molar-refractivity contribution in [2.45, 2.75) is 0 Å². The highest BCUT2D eigenvalue weighted by Crippen LogP contribution is 2.51. The lowest BCUT2D eigenvalue weighted by atomic mass is 9.84. The number of hydrogen-bond donors (Lipinski definition) is 0. The van der Waals surface area contributed by atoms with Crippen LogP contribution in [0.25, 0.3) is 119 Å². The summed E-state index contributed by atoms with van der Waals surface area (Å²) in [5.74, 6) is 0. The zero-order valence-electron chi connectivity index (χ0n) is 29.1. The normalized spacial score (nSPS) is 12.1. The monoisotopic (exact) mass is 702 g/mol. The molecule has 10 aromatic carbocycles. The molecule has 250 valence electrons. The molecule has 0 saturated heterocycles. The molecule has 0 unspecified atom stereocenters. The van der Waals surface area contributed by atoms with Crippen LogP contribution in [0.4, 0.5) is 0 Å². The van der Waals surface area contributed by atoms with Crippen LogP contribution in [0.2, 0.25) is 0 Å². The first-order valence-corrected chi connectivity index (χ1v) is 19.3. The molecule has 0 fully saturated rings. The summed E-state index contributed by atoms with van der Waals surface area (Å²) in [7, 11) is 0. The molecular weight excluding hydrogens is 673 g/mol. The summed E-state index contributed by atoms with van der Waals surface area (Å²) in [6, 6.07) is 66.7. The maximum absolute atomic E-state index is 7.09. The summed E-state index contributed by atoms with van der Waals surface area (Å²) in [5.41, 5.74) is 9.10. The van der Waals surface area contributed by atoms with E-state index < -0.39 is 0 Å². The SMILES string of the molecule is c1cc(-c2ccc3ccccc3c2)cc(-c2c3ccccc3c(-c3cc4sc5ccccc5c4c4c3oc3cc5ccccc5cc34)c3ccccc23)c1. The Hall–Kier alpha value is -6.74. The quantitative estimate of drug-likeness (QED) is 0.167. The first-order chi connectivity index (χ1) is 26.8. The van der Waals surface area contributed by atoms with Crippen LogP contribution < -0.4 is 0 Å². The van der Waals surface area contributed by atoms with E-state index in [9.17, 15) is 0 Å². The lowest BCUT2D eigenvalue weighted by Gasteiger charge is -2.18. The van der Waals surface area contributed by atoms with E-state index in [2.05, 4.69) is 182 Å². The fraction of sp³-hybridized carbons (Fsp3) is 0. The second-order valence-corrected chi connectivity index (χ2v) is 15.5. The molecule has 0 bridgehead atoms. The summed E-state index contributed by atoms with van der Waals surface area (Å²) < 4.78 is 9.65.